The maximum Gasteiger partial charge on any atom is 0.256 e. The molecule has 0 unspecified atom stereocenters. The van der Waals surface area contributed by atoms with E-state index in [1.54, 1.807) is 0 Å². The topological polar surface area (TPSA) is 55.1 Å². The average molecular weight is 351 g/mol. The van der Waals surface area contributed by atoms with Gasteiger partial charge in [-0.3, -0.25) is 4.79 Å². The summed E-state index contributed by atoms with van der Waals surface area (Å²) in [4.78, 5) is 12.3. The lowest BCUT2D eigenvalue weighted by atomic mass is 10.0. The molecule has 0 spiro atoms. The first kappa shape index (κ1) is 15.5. The van der Waals surface area contributed by atoms with Crippen LogP contribution >= 0.6 is 15.9 Å². The molecule has 110 valence electrons. The van der Waals surface area contributed by atoms with Crippen molar-refractivity contribution in [1.82, 2.24) is 0 Å². The molecule has 0 atom stereocenters. The SMILES string of the molecule is CC(C)c1cccc(NC(=O)c2cc(N)c(F)cc2Br)c1. The molecule has 3 nitrogen and oxygen atoms in total. The van der Waals surface area contributed by atoms with Crippen LogP contribution in [-0.4, -0.2) is 5.91 Å². The number of nitrogen functional groups attached to an aromatic ring is 1. The number of carbonyl (C=O) groups is 1. The van der Waals surface area contributed by atoms with Gasteiger partial charge in [-0.2, -0.15) is 0 Å². The molecular weight excluding hydrogens is 335 g/mol. The molecule has 2 rings (SSSR count). The fraction of sp³-hybridized carbons (Fsp3) is 0.188. The van der Waals surface area contributed by atoms with Gasteiger partial charge >= 0.3 is 0 Å². The lowest BCUT2D eigenvalue weighted by Crippen LogP contribution is -2.13. The average Bonchev–Trinajstić information content (AvgIpc) is 2.43. The van der Waals surface area contributed by atoms with E-state index in [0.717, 1.165) is 5.56 Å². The zero-order valence-corrected chi connectivity index (χ0v) is 13.4. The molecule has 0 aliphatic carbocycles. The Balaban J connectivity index is 2.26. The van der Waals surface area contributed by atoms with Crippen molar-refractivity contribution >= 4 is 33.2 Å². The molecule has 1 amide bonds. The van der Waals surface area contributed by atoms with Gasteiger partial charge in [0.05, 0.1) is 11.3 Å². The molecule has 0 fully saturated rings. The van der Waals surface area contributed by atoms with Crippen LogP contribution in [0.3, 0.4) is 0 Å². The van der Waals surface area contributed by atoms with Gasteiger partial charge in [0.2, 0.25) is 0 Å². The van der Waals surface area contributed by atoms with Gasteiger partial charge in [0.25, 0.3) is 5.91 Å². The number of nitrogens with two attached hydrogens (primary N) is 1. The van der Waals surface area contributed by atoms with Crippen molar-refractivity contribution in [3.63, 3.8) is 0 Å². The van der Waals surface area contributed by atoms with E-state index < -0.39 is 5.82 Å². The lowest BCUT2D eigenvalue weighted by Gasteiger charge is -2.11. The van der Waals surface area contributed by atoms with Crippen molar-refractivity contribution in [2.75, 3.05) is 11.1 Å². The standard InChI is InChI=1S/C16H16BrFN2O/c1-9(2)10-4-3-5-11(6-10)20-16(21)12-7-15(19)14(18)8-13(12)17/h3-9H,19H2,1-2H3,(H,20,21). The second-order valence-corrected chi connectivity index (χ2v) is 5.94. The van der Waals surface area contributed by atoms with Gasteiger partial charge in [0.1, 0.15) is 5.82 Å². The third-order valence-electron chi connectivity index (χ3n) is 3.14. The summed E-state index contributed by atoms with van der Waals surface area (Å²) in [6.07, 6.45) is 0. The van der Waals surface area contributed by atoms with E-state index in [9.17, 15) is 9.18 Å². The summed E-state index contributed by atoms with van der Waals surface area (Å²) in [5.74, 6) is -0.523. The highest BCUT2D eigenvalue weighted by atomic mass is 79.9. The second kappa shape index (κ2) is 6.26. The van der Waals surface area contributed by atoms with Gasteiger partial charge in [0, 0.05) is 10.2 Å². The molecule has 0 bridgehead atoms. The Morgan fingerprint density at radius 3 is 2.67 bits per heavy atom. The Bertz CT molecular complexity index is 686. The largest absolute Gasteiger partial charge is 0.396 e. The summed E-state index contributed by atoms with van der Waals surface area (Å²) in [6.45, 7) is 4.16. The number of rotatable bonds is 3. The number of benzene rings is 2. The van der Waals surface area contributed by atoms with Gasteiger partial charge in [-0.25, -0.2) is 4.39 Å². The molecule has 0 heterocycles. The van der Waals surface area contributed by atoms with E-state index in [1.165, 1.54) is 12.1 Å². The summed E-state index contributed by atoms with van der Waals surface area (Å²) < 4.78 is 13.7. The maximum absolute atomic E-state index is 13.3. The first-order valence-corrected chi connectivity index (χ1v) is 7.33. The number of carbonyl (C=O) groups excluding carboxylic acids is 1. The third-order valence-corrected chi connectivity index (χ3v) is 3.80. The minimum Gasteiger partial charge on any atom is -0.396 e. The smallest absolute Gasteiger partial charge is 0.256 e. The van der Waals surface area contributed by atoms with Crippen LogP contribution in [0.25, 0.3) is 0 Å². The molecule has 5 heteroatoms. The van der Waals surface area contributed by atoms with Crippen LogP contribution in [0.5, 0.6) is 0 Å². The van der Waals surface area contributed by atoms with Gasteiger partial charge in [-0.1, -0.05) is 26.0 Å². The monoisotopic (exact) mass is 350 g/mol. The number of anilines is 2. The fourth-order valence-corrected chi connectivity index (χ4v) is 2.41. The van der Waals surface area contributed by atoms with Gasteiger partial charge in [-0.05, 0) is 51.7 Å². The van der Waals surface area contributed by atoms with Gasteiger partial charge < -0.3 is 11.1 Å². The summed E-state index contributed by atoms with van der Waals surface area (Å²) >= 11 is 3.18. The predicted molar refractivity (Wildman–Crippen MR) is 87.0 cm³/mol. The van der Waals surface area contributed by atoms with Crippen LogP contribution in [-0.2, 0) is 0 Å². The number of halogens is 2. The molecule has 0 aromatic heterocycles. The summed E-state index contributed by atoms with van der Waals surface area (Å²) in [5.41, 5.74) is 7.57. The van der Waals surface area contributed by atoms with Crippen molar-refractivity contribution < 1.29 is 9.18 Å². The van der Waals surface area contributed by atoms with Crippen molar-refractivity contribution in [1.29, 1.82) is 0 Å². The molecule has 0 saturated heterocycles. The molecule has 2 aromatic rings. The molecule has 0 saturated carbocycles. The molecule has 0 aliphatic heterocycles. The van der Waals surface area contributed by atoms with E-state index in [-0.39, 0.29) is 11.6 Å². The molecule has 2 aromatic carbocycles. The molecule has 0 radical (unpaired) electrons. The Morgan fingerprint density at radius 2 is 2.00 bits per heavy atom. The number of nitrogens with one attached hydrogen (secondary N) is 1. The van der Waals surface area contributed by atoms with E-state index in [4.69, 9.17) is 5.73 Å². The van der Waals surface area contributed by atoms with Crippen molar-refractivity contribution in [2.45, 2.75) is 19.8 Å². The van der Waals surface area contributed by atoms with Crippen molar-refractivity contribution in [3.8, 4) is 0 Å². The summed E-state index contributed by atoms with van der Waals surface area (Å²) in [7, 11) is 0. The van der Waals surface area contributed by atoms with Crippen LogP contribution < -0.4 is 11.1 Å². The normalized spacial score (nSPS) is 10.7. The van der Waals surface area contributed by atoms with Gasteiger partial charge in [0.15, 0.2) is 0 Å². The first-order valence-electron chi connectivity index (χ1n) is 6.54. The fourth-order valence-electron chi connectivity index (χ4n) is 1.91. The van der Waals surface area contributed by atoms with Crippen LogP contribution in [0.2, 0.25) is 0 Å². The zero-order chi connectivity index (χ0) is 15.6. The van der Waals surface area contributed by atoms with Crippen LogP contribution in [0.15, 0.2) is 40.9 Å². The zero-order valence-electron chi connectivity index (χ0n) is 11.8. The van der Waals surface area contributed by atoms with E-state index in [2.05, 4.69) is 35.1 Å². The Morgan fingerprint density at radius 1 is 1.29 bits per heavy atom. The Hall–Kier alpha value is -1.88. The molecular formula is C16H16BrFN2O. The van der Waals surface area contributed by atoms with Crippen molar-refractivity contribution in [3.05, 3.63) is 57.8 Å². The number of hydrogen-bond donors (Lipinski definition) is 2. The summed E-state index contributed by atoms with van der Waals surface area (Å²) in [5, 5.41) is 2.79. The minimum absolute atomic E-state index is 0.0562. The Kier molecular flexibility index (Phi) is 4.63. The number of amides is 1. The van der Waals surface area contributed by atoms with Crippen LogP contribution in [0.4, 0.5) is 15.8 Å². The van der Waals surface area contributed by atoms with Crippen molar-refractivity contribution in [2.24, 2.45) is 0 Å². The van der Waals surface area contributed by atoms with E-state index in [0.29, 0.717) is 21.6 Å². The Labute approximate surface area is 131 Å². The highest BCUT2D eigenvalue weighted by Gasteiger charge is 2.14. The highest BCUT2D eigenvalue weighted by molar-refractivity contribution is 9.10. The minimum atomic E-state index is -0.555. The molecule has 3 N–H and O–H groups in total. The van der Waals surface area contributed by atoms with Crippen LogP contribution in [0.1, 0.15) is 35.7 Å². The third kappa shape index (κ3) is 3.61. The van der Waals surface area contributed by atoms with E-state index >= 15 is 0 Å². The van der Waals surface area contributed by atoms with E-state index in [1.807, 2.05) is 24.3 Å². The lowest BCUT2D eigenvalue weighted by molar-refractivity contribution is 0.102. The highest BCUT2D eigenvalue weighted by Crippen LogP contribution is 2.24. The maximum atomic E-state index is 13.3. The predicted octanol–water partition coefficient (Wildman–Crippen LogP) is 4.55. The molecule has 0 aliphatic rings. The van der Waals surface area contributed by atoms with Crippen LogP contribution in [0, 0.1) is 5.82 Å². The summed E-state index contributed by atoms with van der Waals surface area (Å²) in [6, 6.07) is 10.1. The van der Waals surface area contributed by atoms with Gasteiger partial charge in [-0.15, -0.1) is 0 Å². The number of hydrogen-bond acceptors (Lipinski definition) is 2. The second-order valence-electron chi connectivity index (χ2n) is 5.09. The first-order chi connectivity index (χ1) is 9.88. The quantitative estimate of drug-likeness (QED) is 0.798. The molecule has 21 heavy (non-hydrogen) atoms.